The van der Waals surface area contributed by atoms with E-state index in [-0.39, 0.29) is 12.3 Å². The molecule has 1 rings (SSSR count). The van der Waals surface area contributed by atoms with Crippen molar-refractivity contribution in [2.45, 2.75) is 12.9 Å². The second kappa shape index (κ2) is 4.56. The Morgan fingerprint density at radius 2 is 1.93 bits per heavy atom. The van der Waals surface area contributed by atoms with Gasteiger partial charge in [0.15, 0.2) is 0 Å². The van der Waals surface area contributed by atoms with Gasteiger partial charge >= 0.3 is 6.36 Å². The van der Waals surface area contributed by atoms with E-state index in [4.69, 9.17) is 0 Å². The summed E-state index contributed by atoms with van der Waals surface area (Å²) in [7, 11) is 0. The first-order valence-electron chi connectivity index (χ1n) is 3.73. The molecule has 0 bridgehead atoms. The van der Waals surface area contributed by atoms with Gasteiger partial charge in [-0.25, -0.2) is 0 Å². The van der Waals surface area contributed by atoms with Gasteiger partial charge in [-0.3, -0.25) is 4.72 Å². The van der Waals surface area contributed by atoms with Gasteiger partial charge in [-0.05, 0) is 6.07 Å². The minimum Gasteiger partial charge on any atom is -0.405 e. The lowest BCUT2D eigenvalue weighted by atomic mass is 10.2. The van der Waals surface area contributed by atoms with Gasteiger partial charge in [-0.15, -0.1) is 13.2 Å². The largest absolute Gasteiger partial charge is 0.573 e. The Balaban J connectivity index is 2.84. The van der Waals surface area contributed by atoms with Gasteiger partial charge in [0.2, 0.25) is 0 Å². The molecule has 0 aliphatic carbocycles. The van der Waals surface area contributed by atoms with Crippen molar-refractivity contribution in [1.29, 1.82) is 0 Å². The van der Waals surface area contributed by atoms with E-state index in [0.717, 1.165) is 0 Å². The molecule has 0 saturated carbocycles. The third-order valence-corrected chi connectivity index (χ3v) is 1.63. The van der Waals surface area contributed by atoms with Crippen LogP contribution in [0.3, 0.4) is 0 Å². The van der Waals surface area contributed by atoms with Crippen LogP contribution in [0, 0.1) is 0 Å². The van der Waals surface area contributed by atoms with Crippen LogP contribution in [0.5, 0.6) is 5.75 Å². The Hall–Kier alpha value is -0.880. The van der Waals surface area contributed by atoms with Crippen LogP contribution < -0.4 is 9.46 Å². The molecule has 0 aliphatic rings. The minimum absolute atomic E-state index is 0.204. The summed E-state index contributed by atoms with van der Waals surface area (Å²) in [6.45, 7) is 0.204. The number of hydrogen-bond acceptors (Lipinski definition) is 3. The first kappa shape index (κ1) is 11.2. The van der Waals surface area contributed by atoms with Crippen molar-refractivity contribution in [2.24, 2.45) is 0 Å². The molecule has 0 unspecified atom stereocenters. The predicted molar refractivity (Wildman–Crippen MR) is 49.0 cm³/mol. The third-order valence-electron chi connectivity index (χ3n) is 1.47. The molecule has 0 atom stereocenters. The Kier molecular flexibility index (Phi) is 3.65. The first-order valence-corrected chi connectivity index (χ1v) is 4.18. The second-order valence-electron chi connectivity index (χ2n) is 2.49. The zero-order chi connectivity index (χ0) is 10.6. The molecule has 1 N–H and O–H groups in total. The van der Waals surface area contributed by atoms with E-state index in [1.54, 1.807) is 6.07 Å². The molecule has 6 heteroatoms. The molecule has 2 nitrogen and oxygen atoms in total. The number of alkyl halides is 3. The average Bonchev–Trinajstić information content (AvgIpc) is 2.06. The molecule has 14 heavy (non-hydrogen) atoms. The van der Waals surface area contributed by atoms with Crippen LogP contribution in [-0.2, 0) is 6.54 Å². The highest BCUT2D eigenvalue weighted by Gasteiger charge is 2.31. The van der Waals surface area contributed by atoms with Crippen LogP contribution >= 0.6 is 12.8 Å². The number of thiol groups is 1. The van der Waals surface area contributed by atoms with Gasteiger partial charge in [0.05, 0.1) is 0 Å². The smallest absolute Gasteiger partial charge is 0.405 e. The molecule has 0 aromatic heterocycles. The number of nitrogens with one attached hydrogen (secondary N) is 1. The highest BCUT2D eigenvalue weighted by molar-refractivity contribution is 7.78. The molecular weight excluding hydrogens is 215 g/mol. The van der Waals surface area contributed by atoms with E-state index in [9.17, 15) is 13.2 Å². The molecule has 78 valence electrons. The monoisotopic (exact) mass is 223 g/mol. The number of rotatable bonds is 3. The summed E-state index contributed by atoms with van der Waals surface area (Å²) in [5.41, 5.74) is 0.403. The minimum atomic E-state index is -4.66. The zero-order valence-corrected chi connectivity index (χ0v) is 7.90. The maximum Gasteiger partial charge on any atom is 0.573 e. The fourth-order valence-corrected chi connectivity index (χ4v) is 1.13. The Labute approximate surface area is 84.6 Å². The topological polar surface area (TPSA) is 21.3 Å². The average molecular weight is 223 g/mol. The normalized spacial score (nSPS) is 11.4. The Morgan fingerprint density at radius 3 is 2.50 bits per heavy atom. The molecule has 0 aliphatic heterocycles. The zero-order valence-electron chi connectivity index (χ0n) is 7.01. The SMILES string of the molecule is FC(F)(F)Oc1ccccc1CNS. The predicted octanol–water partition coefficient (Wildman–Crippen LogP) is 2.52. The lowest BCUT2D eigenvalue weighted by Crippen LogP contribution is -2.18. The molecule has 0 heterocycles. The van der Waals surface area contributed by atoms with Crippen LogP contribution in [0.15, 0.2) is 24.3 Å². The van der Waals surface area contributed by atoms with Crippen LogP contribution in [0.1, 0.15) is 5.56 Å². The lowest BCUT2D eigenvalue weighted by Gasteiger charge is -2.12. The highest BCUT2D eigenvalue weighted by atomic mass is 32.1. The molecular formula is C8H8F3NOS. The number of ether oxygens (including phenoxy) is 1. The van der Waals surface area contributed by atoms with Crippen molar-refractivity contribution in [3.8, 4) is 5.75 Å². The summed E-state index contributed by atoms with van der Waals surface area (Å²) in [5.74, 6) is -0.207. The molecule has 0 fully saturated rings. The fraction of sp³-hybridized carbons (Fsp3) is 0.250. The Morgan fingerprint density at radius 1 is 1.29 bits per heavy atom. The van der Waals surface area contributed by atoms with Gasteiger partial charge in [-0.1, -0.05) is 31.0 Å². The molecule has 0 radical (unpaired) electrons. The van der Waals surface area contributed by atoms with E-state index in [2.05, 4.69) is 22.3 Å². The number of para-hydroxylation sites is 1. The van der Waals surface area contributed by atoms with Gasteiger partial charge in [0.1, 0.15) is 5.75 Å². The van der Waals surface area contributed by atoms with Crippen molar-refractivity contribution in [1.82, 2.24) is 4.72 Å². The number of halogens is 3. The maximum absolute atomic E-state index is 11.9. The van der Waals surface area contributed by atoms with Crippen molar-refractivity contribution in [3.63, 3.8) is 0 Å². The van der Waals surface area contributed by atoms with Crippen LogP contribution in [0.25, 0.3) is 0 Å². The molecule has 1 aromatic carbocycles. The summed E-state index contributed by atoms with van der Waals surface area (Å²) >= 11 is 3.70. The fourth-order valence-electron chi connectivity index (χ4n) is 0.959. The van der Waals surface area contributed by atoms with Gasteiger partial charge in [0, 0.05) is 12.1 Å². The van der Waals surface area contributed by atoms with E-state index in [1.165, 1.54) is 18.2 Å². The Bertz CT molecular complexity index is 303. The summed E-state index contributed by atoms with van der Waals surface area (Å²) in [4.78, 5) is 0. The van der Waals surface area contributed by atoms with E-state index < -0.39 is 6.36 Å². The summed E-state index contributed by atoms with van der Waals surface area (Å²) in [6.07, 6.45) is -4.66. The molecule has 0 spiro atoms. The summed E-state index contributed by atoms with van der Waals surface area (Å²) < 4.78 is 42.0. The van der Waals surface area contributed by atoms with Crippen molar-refractivity contribution < 1.29 is 17.9 Å². The van der Waals surface area contributed by atoms with E-state index >= 15 is 0 Å². The van der Waals surface area contributed by atoms with Gasteiger partial charge in [0.25, 0.3) is 0 Å². The molecule has 0 amide bonds. The summed E-state index contributed by atoms with van der Waals surface area (Å²) in [6, 6.07) is 5.89. The maximum atomic E-state index is 11.9. The van der Waals surface area contributed by atoms with Gasteiger partial charge in [-0.2, -0.15) is 0 Å². The standard InChI is InChI=1S/C8H8F3NOS/c9-8(10,11)13-7-4-2-1-3-6(7)5-12-14/h1-4,12,14H,5H2. The third kappa shape index (κ3) is 3.47. The summed E-state index contributed by atoms with van der Waals surface area (Å²) in [5, 5.41) is 0. The van der Waals surface area contributed by atoms with Crippen LogP contribution in [-0.4, -0.2) is 6.36 Å². The van der Waals surface area contributed by atoms with Gasteiger partial charge < -0.3 is 4.74 Å². The van der Waals surface area contributed by atoms with Crippen LogP contribution in [0.4, 0.5) is 13.2 Å². The van der Waals surface area contributed by atoms with E-state index in [0.29, 0.717) is 5.56 Å². The van der Waals surface area contributed by atoms with Crippen molar-refractivity contribution in [2.75, 3.05) is 0 Å². The molecule has 0 saturated heterocycles. The first-order chi connectivity index (χ1) is 6.53. The quantitative estimate of drug-likeness (QED) is 0.768. The van der Waals surface area contributed by atoms with E-state index in [1.807, 2.05) is 0 Å². The highest BCUT2D eigenvalue weighted by Crippen LogP contribution is 2.25. The van der Waals surface area contributed by atoms with Crippen LogP contribution in [0.2, 0.25) is 0 Å². The molecule has 1 aromatic rings. The second-order valence-corrected chi connectivity index (χ2v) is 2.81. The van der Waals surface area contributed by atoms with Crippen molar-refractivity contribution in [3.05, 3.63) is 29.8 Å². The van der Waals surface area contributed by atoms with Crippen molar-refractivity contribution >= 4 is 12.8 Å². The number of benzene rings is 1. The number of hydrogen-bond donors (Lipinski definition) is 2. The lowest BCUT2D eigenvalue weighted by molar-refractivity contribution is -0.274.